The van der Waals surface area contributed by atoms with Crippen LogP contribution >= 0.6 is 27.7 Å². The van der Waals surface area contributed by atoms with E-state index in [1.807, 2.05) is 6.07 Å². The van der Waals surface area contributed by atoms with Crippen molar-refractivity contribution < 1.29 is 9.13 Å². The monoisotopic (exact) mass is 303 g/mol. The van der Waals surface area contributed by atoms with E-state index < -0.39 is 0 Å². The lowest BCUT2D eigenvalue weighted by Crippen LogP contribution is -1.92. The molecular formula is C11H11BrFNOS. The van der Waals surface area contributed by atoms with Gasteiger partial charge in [0.15, 0.2) is 5.82 Å². The normalized spacial score (nSPS) is 10.1. The molecule has 0 aliphatic carbocycles. The van der Waals surface area contributed by atoms with Gasteiger partial charge in [-0.05, 0) is 34.5 Å². The van der Waals surface area contributed by atoms with Crippen molar-refractivity contribution in [2.24, 2.45) is 0 Å². The van der Waals surface area contributed by atoms with Crippen LogP contribution in [0.4, 0.5) is 4.39 Å². The fraction of sp³-hybridized carbons (Fsp3) is 0.364. The number of rotatable bonds is 5. The fourth-order valence-electron chi connectivity index (χ4n) is 1.11. The molecule has 0 atom stereocenters. The first-order valence-electron chi connectivity index (χ1n) is 4.70. The topological polar surface area (TPSA) is 33.0 Å². The van der Waals surface area contributed by atoms with Crippen LogP contribution in [0.2, 0.25) is 0 Å². The maximum absolute atomic E-state index is 13.7. The van der Waals surface area contributed by atoms with Gasteiger partial charge < -0.3 is 4.74 Å². The van der Waals surface area contributed by atoms with Crippen LogP contribution in [0.5, 0.6) is 0 Å². The summed E-state index contributed by atoms with van der Waals surface area (Å²) >= 11 is 4.50. The molecule has 0 heterocycles. The number of benzene rings is 1. The maximum atomic E-state index is 13.7. The Labute approximate surface area is 107 Å². The van der Waals surface area contributed by atoms with Crippen molar-refractivity contribution in [3.8, 4) is 6.07 Å². The van der Waals surface area contributed by atoms with E-state index >= 15 is 0 Å². The second-order valence-electron chi connectivity index (χ2n) is 3.05. The van der Waals surface area contributed by atoms with Crippen LogP contribution in [0.25, 0.3) is 0 Å². The van der Waals surface area contributed by atoms with Crippen LogP contribution < -0.4 is 0 Å². The maximum Gasteiger partial charge on any atom is 0.152 e. The van der Waals surface area contributed by atoms with Gasteiger partial charge in [-0.15, -0.1) is 11.8 Å². The highest BCUT2D eigenvalue weighted by atomic mass is 79.9. The lowest BCUT2D eigenvalue weighted by atomic mass is 10.2. The molecule has 0 aromatic heterocycles. The van der Waals surface area contributed by atoms with Crippen molar-refractivity contribution in [1.82, 2.24) is 0 Å². The molecule has 0 radical (unpaired) electrons. The first kappa shape index (κ1) is 13.5. The number of nitriles is 1. The average molecular weight is 304 g/mol. The van der Waals surface area contributed by atoms with Gasteiger partial charge in [-0.1, -0.05) is 0 Å². The molecule has 16 heavy (non-hydrogen) atoms. The molecule has 0 fully saturated rings. The van der Waals surface area contributed by atoms with Crippen LogP contribution in [-0.4, -0.2) is 19.5 Å². The molecule has 2 nitrogen and oxygen atoms in total. The molecule has 5 heteroatoms. The SMILES string of the molecule is COCCCSc1ccc(C#N)c(Br)c1F. The zero-order valence-electron chi connectivity index (χ0n) is 8.80. The standard InChI is InChI=1S/C11H11BrFNOS/c1-15-5-2-6-16-9-4-3-8(7-14)10(12)11(9)13/h3-4H,2,5-6H2,1H3. The molecule has 0 aliphatic rings. The van der Waals surface area contributed by atoms with Crippen LogP contribution in [-0.2, 0) is 4.74 Å². The summed E-state index contributed by atoms with van der Waals surface area (Å²) in [5.41, 5.74) is 0.318. The van der Waals surface area contributed by atoms with Gasteiger partial charge >= 0.3 is 0 Å². The molecule has 0 spiro atoms. The Balaban J connectivity index is 2.68. The van der Waals surface area contributed by atoms with Crippen molar-refractivity contribution in [3.63, 3.8) is 0 Å². The largest absolute Gasteiger partial charge is 0.385 e. The quantitative estimate of drug-likeness (QED) is 0.615. The fourth-order valence-corrected chi connectivity index (χ4v) is 2.56. The van der Waals surface area contributed by atoms with Crippen LogP contribution in [0.1, 0.15) is 12.0 Å². The Morgan fingerprint density at radius 3 is 2.94 bits per heavy atom. The predicted molar refractivity (Wildman–Crippen MR) is 66.0 cm³/mol. The molecule has 1 rings (SSSR count). The average Bonchev–Trinajstić information content (AvgIpc) is 2.30. The molecule has 0 unspecified atom stereocenters. The van der Waals surface area contributed by atoms with E-state index in [4.69, 9.17) is 10.00 Å². The Hall–Kier alpha value is -0.570. The molecular weight excluding hydrogens is 293 g/mol. The van der Waals surface area contributed by atoms with E-state index in [1.165, 1.54) is 11.8 Å². The van der Waals surface area contributed by atoms with Gasteiger partial charge in [0.25, 0.3) is 0 Å². The highest BCUT2D eigenvalue weighted by molar-refractivity contribution is 9.10. The summed E-state index contributed by atoms with van der Waals surface area (Å²) in [6.07, 6.45) is 0.873. The number of nitrogens with zero attached hydrogens (tertiary/aromatic N) is 1. The van der Waals surface area contributed by atoms with Gasteiger partial charge in [0.05, 0.1) is 10.0 Å². The summed E-state index contributed by atoms with van der Waals surface area (Å²) < 4.78 is 18.9. The van der Waals surface area contributed by atoms with Gasteiger partial charge in [-0.3, -0.25) is 0 Å². The summed E-state index contributed by atoms with van der Waals surface area (Å²) in [6.45, 7) is 0.673. The number of hydrogen-bond donors (Lipinski definition) is 0. The summed E-state index contributed by atoms with van der Waals surface area (Å²) in [7, 11) is 1.64. The van der Waals surface area contributed by atoms with Gasteiger partial charge in [-0.2, -0.15) is 5.26 Å². The lowest BCUT2D eigenvalue weighted by Gasteiger charge is -2.05. The van der Waals surface area contributed by atoms with Crippen LogP contribution in [0.15, 0.2) is 21.5 Å². The minimum Gasteiger partial charge on any atom is -0.385 e. The van der Waals surface area contributed by atoms with E-state index in [0.29, 0.717) is 17.1 Å². The number of methoxy groups -OCH3 is 1. The van der Waals surface area contributed by atoms with Crippen LogP contribution in [0, 0.1) is 17.1 Å². The second-order valence-corrected chi connectivity index (χ2v) is 4.98. The van der Waals surface area contributed by atoms with E-state index in [9.17, 15) is 4.39 Å². The zero-order valence-corrected chi connectivity index (χ0v) is 11.2. The lowest BCUT2D eigenvalue weighted by molar-refractivity contribution is 0.200. The number of hydrogen-bond acceptors (Lipinski definition) is 3. The number of thioether (sulfide) groups is 1. The second kappa shape index (κ2) is 6.89. The van der Waals surface area contributed by atoms with E-state index in [-0.39, 0.29) is 10.3 Å². The molecule has 0 aliphatic heterocycles. The smallest absolute Gasteiger partial charge is 0.152 e. The third kappa shape index (κ3) is 3.48. The zero-order chi connectivity index (χ0) is 12.0. The van der Waals surface area contributed by atoms with Crippen molar-refractivity contribution >= 4 is 27.7 Å². The third-order valence-electron chi connectivity index (χ3n) is 1.92. The van der Waals surface area contributed by atoms with Crippen molar-refractivity contribution in [2.75, 3.05) is 19.5 Å². The highest BCUT2D eigenvalue weighted by Gasteiger charge is 2.10. The van der Waals surface area contributed by atoms with Crippen molar-refractivity contribution in [2.45, 2.75) is 11.3 Å². The molecule has 86 valence electrons. The molecule has 0 N–H and O–H groups in total. The number of ether oxygens (including phenoxy) is 1. The van der Waals surface area contributed by atoms with Gasteiger partial charge in [0.2, 0.25) is 0 Å². The molecule has 0 saturated heterocycles. The van der Waals surface area contributed by atoms with E-state index in [1.54, 1.807) is 19.2 Å². The Morgan fingerprint density at radius 2 is 2.31 bits per heavy atom. The predicted octanol–water partition coefficient (Wildman–Crippen LogP) is 3.59. The van der Waals surface area contributed by atoms with Crippen molar-refractivity contribution in [1.29, 1.82) is 5.26 Å². The van der Waals surface area contributed by atoms with Crippen molar-refractivity contribution in [3.05, 3.63) is 28.0 Å². The van der Waals surface area contributed by atoms with Crippen LogP contribution in [0.3, 0.4) is 0 Å². The number of halogens is 2. The summed E-state index contributed by atoms with van der Waals surface area (Å²) in [5.74, 6) is 0.435. The Morgan fingerprint density at radius 1 is 1.56 bits per heavy atom. The minimum atomic E-state index is -0.360. The molecule has 1 aromatic carbocycles. The van der Waals surface area contributed by atoms with E-state index in [0.717, 1.165) is 12.2 Å². The summed E-state index contributed by atoms with van der Waals surface area (Å²) in [4.78, 5) is 0.557. The molecule has 0 bridgehead atoms. The van der Waals surface area contributed by atoms with Gasteiger partial charge in [-0.25, -0.2) is 4.39 Å². The first-order valence-corrected chi connectivity index (χ1v) is 6.48. The first-order chi connectivity index (χ1) is 7.70. The summed E-state index contributed by atoms with van der Waals surface area (Å²) in [6, 6.07) is 5.18. The molecule has 0 saturated carbocycles. The Kier molecular flexibility index (Phi) is 5.81. The highest BCUT2D eigenvalue weighted by Crippen LogP contribution is 2.30. The molecule has 1 aromatic rings. The summed E-state index contributed by atoms with van der Waals surface area (Å²) in [5, 5.41) is 8.71. The molecule has 0 amide bonds. The third-order valence-corrected chi connectivity index (χ3v) is 3.81. The van der Waals surface area contributed by atoms with E-state index in [2.05, 4.69) is 15.9 Å². The minimum absolute atomic E-state index is 0.242. The van der Waals surface area contributed by atoms with Gasteiger partial charge in [0.1, 0.15) is 6.07 Å². The Bertz CT molecular complexity index is 406. The van der Waals surface area contributed by atoms with Gasteiger partial charge in [0, 0.05) is 24.4 Å².